The minimum atomic E-state index is -4.61. The van der Waals surface area contributed by atoms with E-state index in [1.807, 2.05) is 6.07 Å². The van der Waals surface area contributed by atoms with Crippen molar-refractivity contribution >= 4 is 10.4 Å². The van der Waals surface area contributed by atoms with Gasteiger partial charge in [-0.2, -0.15) is 8.42 Å². The molecule has 1 aromatic rings. The van der Waals surface area contributed by atoms with Crippen LogP contribution in [0.15, 0.2) is 23.8 Å². The van der Waals surface area contributed by atoms with Gasteiger partial charge in [0.25, 0.3) is 0 Å². The molecule has 5 nitrogen and oxygen atoms in total. The molecule has 0 aromatic heterocycles. The summed E-state index contributed by atoms with van der Waals surface area (Å²) < 4.78 is 43.7. The number of unbranched alkanes of at least 4 members (excludes halogenated alkanes) is 2. The third-order valence-corrected chi connectivity index (χ3v) is 6.16. The molecule has 150 valence electrons. The van der Waals surface area contributed by atoms with Gasteiger partial charge < -0.3 is 8.92 Å². The van der Waals surface area contributed by atoms with Gasteiger partial charge in [-0.1, -0.05) is 31.4 Å². The molecule has 0 unspecified atom stereocenters. The van der Waals surface area contributed by atoms with Gasteiger partial charge in [-0.25, -0.2) is 0 Å². The van der Waals surface area contributed by atoms with Gasteiger partial charge in [0, 0.05) is 17.4 Å². The summed E-state index contributed by atoms with van der Waals surface area (Å²) in [5, 5.41) is 0. The van der Waals surface area contributed by atoms with Crippen LogP contribution in [0.3, 0.4) is 0 Å². The molecular formula is C21H30O5S. The van der Waals surface area contributed by atoms with Crippen LogP contribution in [0.4, 0.5) is 0 Å². The minimum Gasteiger partial charge on any atom is -0.487 e. The Balaban J connectivity index is 2.12. The Kier molecular flexibility index (Phi) is 5.59. The van der Waals surface area contributed by atoms with E-state index in [0.717, 1.165) is 49.7 Å². The molecule has 1 aliphatic heterocycles. The topological polar surface area (TPSA) is 72.8 Å². The molecule has 0 spiro atoms. The third-order valence-electron chi connectivity index (χ3n) is 5.77. The lowest BCUT2D eigenvalue weighted by molar-refractivity contribution is 0.0110. The molecule has 0 saturated carbocycles. The number of ether oxygens (including phenoxy) is 1. The molecule has 0 saturated heterocycles. The summed E-state index contributed by atoms with van der Waals surface area (Å²) in [6.45, 7) is 8.42. The van der Waals surface area contributed by atoms with Gasteiger partial charge in [0.15, 0.2) is 5.75 Å². The molecule has 0 bridgehead atoms. The zero-order chi connectivity index (χ0) is 19.8. The van der Waals surface area contributed by atoms with Crippen molar-refractivity contribution in [2.75, 3.05) is 0 Å². The van der Waals surface area contributed by atoms with Crippen LogP contribution < -0.4 is 8.92 Å². The summed E-state index contributed by atoms with van der Waals surface area (Å²) in [7, 11) is -4.61. The standard InChI is InChI=1S/C21H30O5S/c1-5-6-7-8-15-12-18-20(19(13-15)26-27(22,23)24)16-11-14(2)9-10-17(16)21(3,4)25-18/h11-13,16-17H,5-10H2,1-4H3,(H,22,23,24)/t16-,17-/m1/s1. The van der Waals surface area contributed by atoms with Crippen molar-refractivity contribution < 1.29 is 21.9 Å². The van der Waals surface area contributed by atoms with Crippen molar-refractivity contribution in [3.8, 4) is 11.5 Å². The summed E-state index contributed by atoms with van der Waals surface area (Å²) in [5.74, 6) is 1.10. The Bertz CT molecular complexity index is 838. The van der Waals surface area contributed by atoms with Gasteiger partial charge in [-0.15, -0.1) is 0 Å². The molecule has 1 aliphatic carbocycles. The monoisotopic (exact) mass is 394 g/mol. The highest BCUT2D eigenvalue weighted by Crippen LogP contribution is 2.53. The van der Waals surface area contributed by atoms with Crippen LogP contribution in [0.2, 0.25) is 0 Å². The molecule has 0 amide bonds. The van der Waals surface area contributed by atoms with E-state index in [2.05, 4.69) is 33.8 Å². The SMILES string of the molecule is CCCCCc1cc2c(c(OS(=O)(=O)O)c1)[C@@H]1C=C(C)CC[C@H]1C(C)(C)O2. The van der Waals surface area contributed by atoms with Gasteiger partial charge in [-0.3, -0.25) is 4.55 Å². The predicted octanol–water partition coefficient (Wildman–Crippen LogP) is 5.21. The predicted molar refractivity (Wildman–Crippen MR) is 106 cm³/mol. The Morgan fingerprint density at radius 2 is 2.04 bits per heavy atom. The highest BCUT2D eigenvalue weighted by Gasteiger charge is 2.45. The van der Waals surface area contributed by atoms with Gasteiger partial charge in [0.2, 0.25) is 0 Å². The van der Waals surface area contributed by atoms with E-state index >= 15 is 0 Å². The van der Waals surface area contributed by atoms with Crippen molar-refractivity contribution in [2.24, 2.45) is 5.92 Å². The Labute approximate surface area is 162 Å². The molecule has 2 atom stereocenters. The van der Waals surface area contributed by atoms with Crippen LogP contribution in [0.25, 0.3) is 0 Å². The van der Waals surface area contributed by atoms with Gasteiger partial charge in [0.05, 0.1) is 0 Å². The number of allylic oxidation sites excluding steroid dienone is 2. The van der Waals surface area contributed by atoms with Crippen molar-refractivity contribution in [2.45, 2.75) is 77.7 Å². The first-order chi connectivity index (χ1) is 12.6. The second kappa shape index (κ2) is 7.47. The smallest absolute Gasteiger partial charge is 0.446 e. The molecule has 0 radical (unpaired) electrons. The molecular weight excluding hydrogens is 364 g/mol. The Morgan fingerprint density at radius 1 is 1.30 bits per heavy atom. The first-order valence-electron chi connectivity index (χ1n) is 9.80. The van der Waals surface area contributed by atoms with E-state index < -0.39 is 10.4 Å². The number of hydrogen-bond donors (Lipinski definition) is 1. The molecule has 1 N–H and O–H groups in total. The highest BCUT2D eigenvalue weighted by atomic mass is 32.3. The molecule has 6 heteroatoms. The first-order valence-corrected chi connectivity index (χ1v) is 11.2. The molecule has 27 heavy (non-hydrogen) atoms. The fourth-order valence-corrected chi connectivity index (χ4v) is 4.83. The molecule has 3 rings (SSSR count). The third kappa shape index (κ3) is 4.49. The lowest BCUT2D eigenvalue weighted by Crippen LogP contribution is -2.45. The van der Waals surface area contributed by atoms with Gasteiger partial charge >= 0.3 is 10.4 Å². The normalized spacial score (nSPS) is 23.7. The molecule has 1 heterocycles. The lowest BCUT2D eigenvalue weighted by atomic mass is 9.68. The maximum Gasteiger partial charge on any atom is 0.446 e. The lowest BCUT2D eigenvalue weighted by Gasteiger charge is -2.46. The summed E-state index contributed by atoms with van der Waals surface area (Å²) in [6.07, 6.45) is 8.22. The Morgan fingerprint density at radius 3 is 2.70 bits per heavy atom. The average Bonchev–Trinajstić information content (AvgIpc) is 2.52. The summed E-state index contributed by atoms with van der Waals surface area (Å²) in [4.78, 5) is 0. The summed E-state index contributed by atoms with van der Waals surface area (Å²) in [6, 6.07) is 3.76. The van der Waals surface area contributed by atoms with Crippen LogP contribution in [-0.2, 0) is 16.8 Å². The second-order valence-electron chi connectivity index (χ2n) is 8.36. The van der Waals surface area contributed by atoms with E-state index in [4.69, 9.17) is 8.92 Å². The van der Waals surface area contributed by atoms with Crippen molar-refractivity contribution in [3.05, 3.63) is 34.9 Å². The maximum absolute atomic E-state index is 11.5. The van der Waals surface area contributed by atoms with Crippen LogP contribution in [0.5, 0.6) is 11.5 Å². The summed E-state index contributed by atoms with van der Waals surface area (Å²) in [5.41, 5.74) is 2.62. The number of aryl methyl sites for hydroxylation is 1. The van der Waals surface area contributed by atoms with E-state index in [9.17, 15) is 13.0 Å². The van der Waals surface area contributed by atoms with Crippen molar-refractivity contribution in [3.63, 3.8) is 0 Å². The summed E-state index contributed by atoms with van der Waals surface area (Å²) >= 11 is 0. The van der Waals surface area contributed by atoms with Gasteiger partial charge in [0.1, 0.15) is 11.4 Å². The largest absolute Gasteiger partial charge is 0.487 e. The fraction of sp³-hybridized carbons (Fsp3) is 0.619. The maximum atomic E-state index is 11.5. The Hall–Kier alpha value is -1.53. The number of fused-ring (bicyclic) bond motifs is 3. The number of benzene rings is 1. The first kappa shape index (κ1) is 20.2. The zero-order valence-electron chi connectivity index (χ0n) is 16.6. The molecule has 0 fully saturated rings. The minimum absolute atomic E-state index is 0.0129. The average molecular weight is 395 g/mol. The fourth-order valence-electron chi connectivity index (χ4n) is 4.47. The van der Waals surface area contributed by atoms with Crippen molar-refractivity contribution in [1.82, 2.24) is 0 Å². The van der Waals surface area contributed by atoms with Gasteiger partial charge in [-0.05, 0) is 64.2 Å². The van der Waals surface area contributed by atoms with Crippen LogP contribution in [0, 0.1) is 5.92 Å². The second-order valence-corrected chi connectivity index (χ2v) is 9.39. The van der Waals surface area contributed by atoms with Crippen LogP contribution in [-0.4, -0.2) is 18.6 Å². The van der Waals surface area contributed by atoms with E-state index in [1.54, 1.807) is 6.07 Å². The van der Waals surface area contributed by atoms with Crippen LogP contribution >= 0.6 is 0 Å². The van der Waals surface area contributed by atoms with E-state index in [-0.39, 0.29) is 23.2 Å². The van der Waals surface area contributed by atoms with E-state index in [1.165, 1.54) is 5.57 Å². The highest BCUT2D eigenvalue weighted by molar-refractivity contribution is 7.81. The molecule has 1 aromatic carbocycles. The molecule has 2 aliphatic rings. The van der Waals surface area contributed by atoms with Crippen LogP contribution in [0.1, 0.15) is 76.8 Å². The number of hydrogen-bond acceptors (Lipinski definition) is 4. The van der Waals surface area contributed by atoms with E-state index in [0.29, 0.717) is 5.75 Å². The van der Waals surface area contributed by atoms with Crippen molar-refractivity contribution in [1.29, 1.82) is 0 Å². The number of rotatable bonds is 6. The zero-order valence-corrected chi connectivity index (χ0v) is 17.4. The quantitative estimate of drug-likeness (QED) is 0.407.